The highest BCUT2D eigenvalue weighted by Crippen LogP contribution is 2.15. The Morgan fingerprint density at radius 2 is 2.29 bits per heavy atom. The van der Waals surface area contributed by atoms with Gasteiger partial charge in [-0.05, 0) is 20.8 Å². The van der Waals surface area contributed by atoms with Crippen molar-refractivity contribution in [1.82, 2.24) is 15.0 Å². The van der Waals surface area contributed by atoms with E-state index in [1.54, 1.807) is 24.7 Å². The molecule has 1 aromatic heterocycles. The zero-order valence-electron chi connectivity index (χ0n) is 8.90. The summed E-state index contributed by atoms with van der Waals surface area (Å²) < 4.78 is 6.85. The molecule has 1 aromatic rings. The van der Waals surface area contributed by atoms with Gasteiger partial charge in [-0.25, -0.2) is 4.68 Å². The molecule has 0 unspecified atom stereocenters. The van der Waals surface area contributed by atoms with E-state index < -0.39 is 5.60 Å². The average Bonchev–Trinajstić information content (AvgIpc) is 2.52. The first-order chi connectivity index (χ1) is 6.54. The molecule has 5 nitrogen and oxygen atoms in total. The summed E-state index contributed by atoms with van der Waals surface area (Å²) in [5.74, 6) is 0. The summed E-state index contributed by atoms with van der Waals surface area (Å²) in [6, 6.07) is 0. The van der Waals surface area contributed by atoms with Crippen LogP contribution in [0.2, 0.25) is 0 Å². The average molecular weight is 199 g/mol. The van der Waals surface area contributed by atoms with Crippen molar-refractivity contribution < 1.29 is 9.84 Å². The van der Waals surface area contributed by atoms with E-state index >= 15 is 0 Å². The predicted octanol–water partition coefficient (Wildman–Crippen LogP) is 0.542. The minimum atomic E-state index is -0.927. The topological polar surface area (TPSA) is 60.2 Å². The summed E-state index contributed by atoms with van der Waals surface area (Å²) in [5, 5.41) is 17.4. The zero-order valence-corrected chi connectivity index (χ0v) is 8.90. The molecule has 0 aliphatic heterocycles. The van der Waals surface area contributed by atoms with Crippen LogP contribution in [0.25, 0.3) is 0 Å². The van der Waals surface area contributed by atoms with E-state index in [2.05, 4.69) is 10.3 Å². The first-order valence-electron chi connectivity index (χ1n) is 4.74. The van der Waals surface area contributed by atoms with E-state index in [0.717, 1.165) is 0 Å². The molecule has 1 heterocycles. The third-order valence-electron chi connectivity index (χ3n) is 1.83. The molecule has 5 heteroatoms. The van der Waals surface area contributed by atoms with E-state index in [4.69, 9.17) is 4.74 Å². The standard InChI is InChI=1S/C9H17N3O2/c1-4-14-6-5-12-7-8(10-11-12)9(2,3)13/h7,13H,4-6H2,1-3H3. The SMILES string of the molecule is CCOCCn1cc(C(C)(C)O)nn1. The number of nitrogens with zero attached hydrogens (tertiary/aromatic N) is 3. The summed E-state index contributed by atoms with van der Waals surface area (Å²) in [7, 11) is 0. The lowest BCUT2D eigenvalue weighted by molar-refractivity contribution is 0.0736. The van der Waals surface area contributed by atoms with Gasteiger partial charge in [0.25, 0.3) is 0 Å². The van der Waals surface area contributed by atoms with Crippen molar-refractivity contribution in [2.24, 2.45) is 0 Å². The number of hydrogen-bond donors (Lipinski definition) is 1. The molecule has 0 aliphatic rings. The Kier molecular flexibility index (Phi) is 3.60. The van der Waals surface area contributed by atoms with Gasteiger partial charge in [-0.3, -0.25) is 0 Å². The van der Waals surface area contributed by atoms with Crippen LogP contribution in [-0.2, 0) is 16.9 Å². The van der Waals surface area contributed by atoms with Gasteiger partial charge in [0.2, 0.25) is 0 Å². The molecule has 0 saturated heterocycles. The minimum absolute atomic E-state index is 0.578. The molecule has 0 bridgehead atoms. The monoisotopic (exact) mass is 199 g/mol. The van der Waals surface area contributed by atoms with Gasteiger partial charge in [-0.2, -0.15) is 0 Å². The van der Waals surface area contributed by atoms with Gasteiger partial charge in [-0.1, -0.05) is 5.21 Å². The maximum atomic E-state index is 9.63. The normalized spacial score (nSPS) is 12.0. The van der Waals surface area contributed by atoms with Crippen LogP contribution in [0.1, 0.15) is 26.5 Å². The van der Waals surface area contributed by atoms with Gasteiger partial charge in [0.15, 0.2) is 0 Å². The quantitative estimate of drug-likeness (QED) is 0.703. The lowest BCUT2D eigenvalue weighted by Gasteiger charge is -2.11. The van der Waals surface area contributed by atoms with Gasteiger partial charge in [0, 0.05) is 6.61 Å². The van der Waals surface area contributed by atoms with Crippen molar-refractivity contribution in [1.29, 1.82) is 0 Å². The molecular weight excluding hydrogens is 182 g/mol. The van der Waals surface area contributed by atoms with E-state index in [1.165, 1.54) is 0 Å². The number of hydrogen-bond acceptors (Lipinski definition) is 4. The minimum Gasteiger partial charge on any atom is -0.384 e. The van der Waals surface area contributed by atoms with Crippen LogP contribution < -0.4 is 0 Å². The molecule has 0 radical (unpaired) electrons. The Morgan fingerprint density at radius 3 is 2.79 bits per heavy atom. The van der Waals surface area contributed by atoms with Crippen LogP contribution in [0.4, 0.5) is 0 Å². The summed E-state index contributed by atoms with van der Waals surface area (Å²) in [5.41, 5.74) is -0.349. The first kappa shape index (κ1) is 11.1. The Labute approximate surface area is 83.7 Å². The molecule has 1 rings (SSSR count). The predicted molar refractivity (Wildman–Crippen MR) is 51.8 cm³/mol. The molecule has 14 heavy (non-hydrogen) atoms. The molecule has 80 valence electrons. The molecule has 0 aliphatic carbocycles. The highest BCUT2D eigenvalue weighted by Gasteiger charge is 2.19. The van der Waals surface area contributed by atoms with E-state index in [9.17, 15) is 5.11 Å². The van der Waals surface area contributed by atoms with Crippen molar-refractivity contribution in [2.75, 3.05) is 13.2 Å². The lowest BCUT2D eigenvalue weighted by atomic mass is 10.1. The molecule has 0 saturated carbocycles. The second kappa shape index (κ2) is 4.52. The third-order valence-corrected chi connectivity index (χ3v) is 1.83. The van der Waals surface area contributed by atoms with Crippen LogP contribution in [-0.4, -0.2) is 33.3 Å². The largest absolute Gasteiger partial charge is 0.384 e. The molecule has 1 N–H and O–H groups in total. The Morgan fingerprint density at radius 1 is 1.57 bits per heavy atom. The van der Waals surface area contributed by atoms with E-state index in [0.29, 0.717) is 25.5 Å². The molecule has 0 spiro atoms. The van der Waals surface area contributed by atoms with E-state index in [1.807, 2.05) is 6.92 Å². The smallest absolute Gasteiger partial charge is 0.114 e. The van der Waals surface area contributed by atoms with Gasteiger partial charge < -0.3 is 9.84 Å². The second-order valence-electron chi connectivity index (χ2n) is 3.62. The van der Waals surface area contributed by atoms with Crippen LogP contribution in [0.5, 0.6) is 0 Å². The first-order valence-corrected chi connectivity index (χ1v) is 4.74. The molecule has 0 amide bonds. The highest BCUT2D eigenvalue weighted by atomic mass is 16.5. The van der Waals surface area contributed by atoms with Crippen LogP contribution in [0.15, 0.2) is 6.20 Å². The number of ether oxygens (including phenoxy) is 1. The van der Waals surface area contributed by atoms with Crippen LogP contribution >= 0.6 is 0 Å². The van der Waals surface area contributed by atoms with Crippen molar-refractivity contribution in [3.05, 3.63) is 11.9 Å². The molecule has 0 fully saturated rings. The zero-order chi connectivity index (χ0) is 10.6. The summed E-state index contributed by atoms with van der Waals surface area (Å²) >= 11 is 0. The highest BCUT2D eigenvalue weighted by molar-refractivity contribution is 5.02. The Balaban J connectivity index is 2.51. The summed E-state index contributed by atoms with van der Waals surface area (Å²) in [6.07, 6.45) is 1.74. The second-order valence-corrected chi connectivity index (χ2v) is 3.62. The van der Waals surface area contributed by atoms with Crippen molar-refractivity contribution in [2.45, 2.75) is 32.9 Å². The van der Waals surface area contributed by atoms with Gasteiger partial charge in [0.05, 0.1) is 19.3 Å². The molecule has 0 atom stereocenters. The fourth-order valence-electron chi connectivity index (χ4n) is 0.990. The maximum absolute atomic E-state index is 9.63. The fourth-order valence-corrected chi connectivity index (χ4v) is 0.990. The van der Waals surface area contributed by atoms with Gasteiger partial charge in [0.1, 0.15) is 11.3 Å². The van der Waals surface area contributed by atoms with Crippen molar-refractivity contribution in [3.63, 3.8) is 0 Å². The van der Waals surface area contributed by atoms with Crippen molar-refractivity contribution in [3.8, 4) is 0 Å². The van der Waals surface area contributed by atoms with Crippen molar-refractivity contribution >= 4 is 0 Å². The number of rotatable bonds is 5. The Hall–Kier alpha value is -0.940. The summed E-state index contributed by atoms with van der Waals surface area (Å²) in [6.45, 7) is 7.30. The van der Waals surface area contributed by atoms with Crippen LogP contribution in [0, 0.1) is 0 Å². The number of aromatic nitrogens is 3. The Bertz CT molecular complexity index is 278. The maximum Gasteiger partial charge on any atom is 0.114 e. The van der Waals surface area contributed by atoms with Gasteiger partial charge >= 0.3 is 0 Å². The fraction of sp³-hybridized carbons (Fsp3) is 0.778. The van der Waals surface area contributed by atoms with Gasteiger partial charge in [-0.15, -0.1) is 5.10 Å². The summed E-state index contributed by atoms with van der Waals surface area (Å²) in [4.78, 5) is 0. The third kappa shape index (κ3) is 3.08. The van der Waals surface area contributed by atoms with Crippen LogP contribution in [0.3, 0.4) is 0 Å². The molecule has 0 aromatic carbocycles. The molecular formula is C9H17N3O2. The van der Waals surface area contributed by atoms with E-state index in [-0.39, 0.29) is 0 Å². The lowest BCUT2D eigenvalue weighted by Crippen LogP contribution is -2.15. The number of aliphatic hydroxyl groups is 1.